The Morgan fingerprint density at radius 2 is 2.04 bits per heavy atom. The number of nitrogens with zero attached hydrogens (tertiary/aromatic N) is 3. The molecule has 1 N–H and O–H groups in total. The summed E-state index contributed by atoms with van der Waals surface area (Å²) in [6, 6.07) is 6.72. The molecule has 0 atom stereocenters. The van der Waals surface area contributed by atoms with Crippen molar-refractivity contribution in [3.05, 3.63) is 35.0 Å². The Bertz CT molecular complexity index is 767. The number of nitrogens with one attached hydrogen (secondary N) is 1. The second kappa shape index (κ2) is 9.69. The van der Waals surface area contributed by atoms with Gasteiger partial charge < -0.3 is 24.6 Å². The van der Waals surface area contributed by atoms with Gasteiger partial charge in [0, 0.05) is 37.4 Å². The second-order valence-electron chi connectivity index (χ2n) is 5.68. The van der Waals surface area contributed by atoms with Crippen LogP contribution in [-0.4, -0.2) is 61.7 Å². The second-order valence-corrected chi connectivity index (χ2v) is 6.11. The van der Waals surface area contributed by atoms with Gasteiger partial charge in [0.1, 0.15) is 17.4 Å². The zero-order chi connectivity index (χ0) is 19.8. The van der Waals surface area contributed by atoms with Crippen LogP contribution in [0.1, 0.15) is 6.92 Å². The van der Waals surface area contributed by atoms with Gasteiger partial charge in [-0.25, -0.2) is 4.79 Å². The highest BCUT2D eigenvalue weighted by Gasteiger charge is 2.22. The van der Waals surface area contributed by atoms with E-state index in [9.17, 15) is 14.9 Å². The molecule has 144 valence electrons. The molecule has 9 heteroatoms. The van der Waals surface area contributed by atoms with Gasteiger partial charge in [-0.15, -0.1) is 0 Å². The van der Waals surface area contributed by atoms with Gasteiger partial charge in [-0.1, -0.05) is 11.6 Å². The van der Waals surface area contributed by atoms with Crippen LogP contribution in [0.25, 0.3) is 0 Å². The molecule has 2 rings (SSSR count). The average Bonchev–Trinajstić information content (AvgIpc) is 2.67. The zero-order valence-electron chi connectivity index (χ0n) is 15.2. The number of piperazine rings is 1. The Hall–Kier alpha value is -2.92. The molecule has 1 aromatic carbocycles. The van der Waals surface area contributed by atoms with Gasteiger partial charge in [-0.2, -0.15) is 5.26 Å². The third-order valence-corrected chi connectivity index (χ3v) is 4.16. The maximum absolute atomic E-state index is 12.4. The van der Waals surface area contributed by atoms with Gasteiger partial charge in [0.15, 0.2) is 0 Å². The molecule has 0 aromatic heterocycles. The van der Waals surface area contributed by atoms with E-state index >= 15 is 0 Å². The fraction of sp³-hybridized carbons (Fsp3) is 0.389. The van der Waals surface area contributed by atoms with Gasteiger partial charge in [0.25, 0.3) is 5.91 Å². The summed E-state index contributed by atoms with van der Waals surface area (Å²) in [5, 5.41) is 12.4. The van der Waals surface area contributed by atoms with Gasteiger partial charge in [0.2, 0.25) is 0 Å². The molecule has 1 heterocycles. The Balaban J connectivity index is 2.02. The van der Waals surface area contributed by atoms with Gasteiger partial charge in [0.05, 0.1) is 19.4 Å². The van der Waals surface area contributed by atoms with Crippen LogP contribution in [0.15, 0.2) is 30.0 Å². The Morgan fingerprint density at radius 3 is 2.63 bits per heavy atom. The number of hydrogen-bond donors (Lipinski definition) is 1. The van der Waals surface area contributed by atoms with Crippen molar-refractivity contribution in [2.24, 2.45) is 0 Å². The summed E-state index contributed by atoms with van der Waals surface area (Å²) in [5.74, 6) is -0.126. The molecule has 2 amide bonds. The highest BCUT2D eigenvalue weighted by Crippen LogP contribution is 2.28. The van der Waals surface area contributed by atoms with Crippen LogP contribution in [0.3, 0.4) is 0 Å². The SMILES string of the molecule is CCOC(=O)N1CCN(/C=C(/C#N)C(=O)Nc2cc(Cl)ccc2OC)CC1. The third-order valence-electron chi connectivity index (χ3n) is 3.93. The number of nitriles is 1. The molecule has 1 aromatic rings. The lowest BCUT2D eigenvalue weighted by atomic mass is 10.2. The van der Waals surface area contributed by atoms with Crippen LogP contribution >= 0.6 is 11.6 Å². The molecular formula is C18H21ClN4O4. The van der Waals surface area contributed by atoms with Crippen LogP contribution in [0.4, 0.5) is 10.5 Å². The lowest BCUT2D eigenvalue weighted by molar-refractivity contribution is -0.112. The summed E-state index contributed by atoms with van der Waals surface area (Å²) < 4.78 is 10.2. The summed E-state index contributed by atoms with van der Waals surface area (Å²) in [4.78, 5) is 27.6. The maximum Gasteiger partial charge on any atom is 0.409 e. The van der Waals surface area contributed by atoms with E-state index in [1.165, 1.54) is 13.3 Å². The fourth-order valence-electron chi connectivity index (χ4n) is 2.54. The zero-order valence-corrected chi connectivity index (χ0v) is 16.0. The van der Waals surface area contributed by atoms with Crippen LogP contribution in [0, 0.1) is 11.3 Å². The predicted molar refractivity (Wildman–Crippen MR) is 100 cm³/mol. The summed E-state index contributed by atoms with van der Waals surface area (Å²) in [5.41, 5.74) is 0.324. The molecule has 0 bridgehead atoms. The quantitative estimate of drug-likeness (QED) is 0.611. The number of carbonyl (C=O) groups excluding carboxylic acids is 2. The number of ether oxygens (including phenoxy) is 2. The van der Waals surface area contributed by atoms with Gasteiger partial charge >= 0.3 is 6.09 Å². The first kappa shape index (κ1) is 20.4. The van der Waals surface area contributed by atoms with E-state index in [4.69, 9.17) is 21.1 Å². The van der Waals surface area contributed by atoms with E-state index < -0.39 is 5.91 Å². The lowest BCUT2D eigenvalue weighted by Gasteiger charge is -2.33. The highest BCUT2D eigenvalue weighted by atomic mass is 35.5. The van der Waals surface area contributed by atoms with Crippen LogP contribution in [-0.2, 0) is 9.53 Å². The average molecular weight is 393 g/mol. The number of carbonyl (C=O) groups is 2. The number of anilines is 1. The highest BCUT2D eigenvalue weighted by molar-refractivity contribution is 6.31. The van der Waals surface area contributed by atoms with E-state index in [1.807, 2.05) is 11.0 Å². The van der Waals surface area contributed by atoms with E-state index in [0.29, 0.717) is 49.2 Å². The molecule has 0 unspecified atom stereocenters. The topological polar surface area (TPSA) is 94.9 Å². The minimum atomic E-state index is -0.564. The first-order valence-electron chi connectivity index (χ1n) is 8.41. The van der Waals surface area contributed by atoms with Crippen molar-refractivity contribution < 1.29 is 19.1 Å². The van der Waals surface area contributed by atoms with Crippen LogP contribution < -0.4 is 10.1 Å². The predicted octanol–water partition coefficient (Wildman–Crippen LogP) is 2.47. The number of methoxy groups -OCH3 is 1. The van der Waals surface area contributed by atoms with Crippen molar-refractivity contribution in [2.75, 3.05) is 45.2 Å². The van der Waals surface area contributed by atoms with Crippen molar-refractivity contribution in [3.63, 3.8) is 0 Å². The first-order valence-corrected chi connectivity index (χ1v) is 8.78. The summed E-state index contributed by atoms with van der Waals surface area (Å²) in [6.45, 7) is 3.99. The van der Waals surface area contributed by atoms with Crippen molar-refractivity contribution >= 4 is 29.3 Å². The normalized spacial score (nSPS) is 14.4. The third kappa shape index (κ3) is 5.53. The molecule has 0 saturated carbocycles. The summed E-state index contributed by atoms with van der Waals surface area (Å²) in [7, 11) is 1.48. The van der Waals surface area contributed by atoms with E-state index in [1.54, 1.807) is 30.0 Å². The van der Waals surface area contributed by atoms with E-state index in [0.717, 1.165) is 0 Å². The molecule has 1 aliphatic heterocycles. The molecule has 0 aliphatic carbocycles. The Kier molecular flexibility index (Phi) is 7.32. The first-order chi connectivity index (χ1) is 13.0. The lowest BCUT2D eigenvalue weighted by Crippen LogP contribution is -2.47. The van der Waals surface area contributed by atoms with Crippen LogP contribution in [0.5, 0.6) is 5.75 Å². The smallest absolute Gasteiger partial charge is 0.409 e. The van der Waals surface area contributed by atoms with E-state index in [2.05, 4.69) is 5.32 Å². The van der Waals surface area contributed by atoms with E-state index in [-0.39, 0.29) is 11.7 Å². The van der Waals surface area contributed by atoms with Crippen molar-refractivity contribution in [3.8, 4) is 11.8 Å². The minimum absolute atomic E-state index is 0.0541. The van der Waals surface area contributed by atoms with Crippen molar-refractivity contribution in [1.82, 2.24) is 9.80 Å². The standard InChI is InChI=1S/C18H21ClN4O4/c1-3-27-18(25)23-8-6-22(7-9-23)12-13(11-20)17(24)21-15-10-14(19)4-5-16(15)26-2/h4-5,10,12H,3,6-9H2,1-2H3,(H,21,24)/b13-12-. The number of amides is 2. The van der Waals surface area contributed by atoms with Crippen molar-refractivity contribution in [1.29, 1.82) is 5.26 Å². The molecule has 0 spiro atoms. The number of hydrogen-bond acceptors (Lipinski definition) is 6. The largest absolute Gasteiger partial charge is 0.495 e. The Morgan fingerprint density at radius 1 is 1.33 bits per heavy atom. The molecule has 0 radical (unpaired) electrons. The number of halogens is 1. The number of rotatable bonds is 5. The van der Waals surface area contributed by atoms with Crippen molar-refractivity contribution in [2.45, 2.75) is 6.92 Å². The monoisotopic (exact) mass is 392 g/mol. The fourth-order valence-corrected chi connectivity index (χ4v) is 2.71. The summed E-state index contributed by atoms with van der Waals surface area (Å²) >= 11 is 5.95. The van der Waals surface area contributed by atoms with Gasteiger partial charge in [-0.3, -0.25) is 4.79 Å². The van der Waals surface area contributed by atoms with Gasteiger partial charge in [-0.05, 0) is 25.1 Å². The minimum Gasteiger partial charge on any atom is -0.495 e. The molecule has 1 aliphatic rings. The summed E-state index contributed by atoms with van der Waals surface area (Å²) in [6.07, 6.45) is 1.14. The molecule has 1 saturated heterocycles. The van der Waals surface area contributed by atoms with Crippen LogP contribution in [0.2, 0.25) is 5.02 Å². The molecule has 1 fully saturated rings. The maximum atomic E-state index is 12.4. The molecular weight excluding hydrogens is 372 g/mol. The Labute approximate surface area is 162 Å². The number of benzene rings is 1. The molecule has 27 heavy (non-hydrogen) atoms. The molecule has 8 nitrogen and oxygen atoms in total.